The Morgan fingerprint density at radius 2 is 1.69 bits per heavy atom. The van der Waals surface area contributed by atoms with E-state index in [1.165, 1.54) is 16.7 Å². The van der Waals surface area contributed by atoms with E-state index < -0.39 is 0 Å². The van der Waals surface area contributed by atoms with Gasteiger partial charge in [0.05, 0.1) is 12.6 Å². The van der Waals surface area contributed by atoms with Crippen LogP contribution < -0.4 is 0 Å². The van der Waals surface area contributed by atoms with E-state index in [1.54, 1.807) is 0 Å². The lowest BCUT2D eigenvalue weighted by atomic mass is 9.94. The van der Waals surface area contributed by atoms with Gasteiger partial charge in [0, 0.05) is 13.1 Å². The van der Waals surface area contributed by atoms with Crippen LogP contribution in [0.25, 0.3) is 0 Å². The highest BCUT2D eigenvalue weighted by molar-refractivity contribution is 5.29. The molecule has 2 aromatic carbocycles. The van der Waals surface area contributed by atoms with Crippen LogP contribution in [0.15, 0.2) is 54.6 Å². The summed E-state index contributed by atoms with van der Waals surface area (Å²) < 4.78 is 1.96. The van der Waals surface area contributed by atoms with Crippen molar-refractivity contribution in [2.75, 3.05) is 6.54 Å². The molecule has 5 heteroatoms. The molecule has 0 amide bonds. The Bertz CT molecular complexity index is 856. The van der Waals surface area contributed by atoms with Crippen LogP contribution in [0.4, 0.5) is 0 Å². The number of hydrogen-bond donors (Lipinski definition) is 0. The lowest BCUT2D eigenvalue weighted by Crippen LogP contribution is -2.38. The normalized spacial score (nSPS) is 15.8. The van der Waals surface area contributed by atoms with Crippen molar-refractivity contribution in [2.24, 2.45) is 5.92 Å². The van der Waals surface area contributed by atoms with Gasteiger partial charge in [-0.25, -0.2) is 4.68 Å². The fraction of sp³-hybridized carbons (Fsp3) is 0.381. The summed E-state index contributed by atoms with van der Waals surface area (Å²) in [5.41, 5.74) is 4.11. The molecule has 134 valence electrons. The number of tetrazole rings is 1. The molecule has 0 aliphatic carbocycles. The second-order valence-electron chi connectivity index (χ2n) is 7.36. The van der Waals surface area contributed by atoms with Crippen molar-refractivity contribution in [3.05, 3.63) is 77.1 Å². The maximum atomic E-state index is 4.43. The molecule has 26 heavy (non-hydrogen) atoms. The average Bonchev–Trinajstić information content (AvgIpc) is 3.10. The summed E-state index contributed by atoms with van der Waals surface area (Å²) in [6, 6.07) is 19.3. The van der Waals surface area contributed by atoms with Crippen molar-refractivity contribution in [3.63, 3.8) is 0 Å². The molecule has 1 aliphatic heterocycles. The van der Waals surface area contributed by atoms with Crippen molar-refractivity contribution >= 4 is 0 Å². The molecule has 0 unspecified atom stereocenters. The lowest BCUT2D eigenvalue weighted by molar-refractivity contribution is 0.128. The molecule has 0 radical (unpaired) electrons. The van der Waals surface area contributed by atoms with Gasteiger partial charge in [-0.1, -0.05) is 68.4 Å². The van der Waals surface area contributed by atoms with E-state index in [-0.39, 0.29) is 6.04 Å². The molecule has 1 aliphatic rings. The van der Waals surface area contributed by atoms with E-state index in [4.69, 9.17) is 0 Å². The van der Waals surface area contributed by atoms with E-state index in [1.807, 2.05) is 10.7 Å². The standard InChI is InChI=1S/C21H25N5/c1-16(2)20(25-13-12-18-10-6-7-11-19(18)15-25)21-22-23-24-26(21)14-17-8-4-3-5-9-17/h3-11,16,20H,12-15H2,1-2H3/t20-/m1/s1. The van der Waals surface area contributed by atoms with Crippen LogP contribution in [0, 0.1) is 5.92 Å². The Morgan fingerprint density at radius 1 is 0.962 bits per heavy atom. The first-order chi connectivity index (χ1) is 12.7. The maximum Gasteiger partial charge on any atom is 0.169 e. The van der Waals surface area contributed by atoms with Crippen LogP contribution in [0.5, 0.6) is 0 Å². The molecule has 0 saturated heterocycles. The van der Waals surface area contributed by atoms with E-state index >= 15 is 0 Å². The van der Waals surface area contributed by atoms with Gasteiger partial charge in [0.15, 0.2) is 5.82 Å². The quantitative estimate of drug-likeness (QED) is 0.709. The van der Waals surface area contributed by atoms with Gasteiger partial charge >= 0.3 is 0 Å². The van der Waals surface area contributed by atoms with Crippen molar-refractivity contribution in [1.82, 2.24) is 25.1 Å². The van der Waals surface area contributed by atoms with Crippen LogP contribution in [0.1, 0.15) is 42.4 Å². The number of nitrogens with zero attached hydrogens (tertiary/aromatic N) is 5. The number of hydrogen-bond acceptors (Lipinski definition) is 4. The predicted molar refractivity (Wildman–Crippen MR) is 101 cm³/mol. The zero-order valence-electron chi connectivity index (χ0n) is 15.4. The molecule has 0 bridgehead atoms. The minimum atomic E-state index is 0.210. The molecule has 1 atom stereocenters. The summed E-state index contributed by atoms with van der Waals surface area (Å²) in [6.45, 7) is 7.21. The minimum Gasteiger partial charge on any atom is -0.288 e. The topological polar surface area (TPSA) is 46.8 Å². The molecule has 2 heterocycles. The third-order valence-corrected chi connectivity index (χ3v) is 5.18. The average molecular weight is 347 g/mol. The number of fused-ring (bicyclic) bond motifs is 1. The monoisotopic (exact) mass is 347 g/mol. The third-order valence-electron chi connectivity index (χ3n) is 5.18. The van der Waals surface area contributed by atoms with E-state index in [0.717, 1.165) is 25.3 Å². The molecule has 3 aromatic rings. The van der Waals surface area contributed by atoms with Crippen LogP contribution in [-0.2, 0) is 19.5 Å². The van der Waals surface area contributed by atoms with Gasteiger partial charge in [0.2, 0.25) is 0 Å². The second-order valence-corrected chi connectivity index (χ2v) is 7.36. The van der Waals surface area contributed by atoms with Crippen molar-refractivity contribution in [2.45, 2.75) is 39.4 Å². The number of aromatic nitrogens is 4. The zero-order valence-corrected chi connectivity index (χ0v) is 15.4. The molecule has 1 aromatic heterocycles. The predicted octanol–water partition coefficient (Wildman–Crippen LogP) is 3.48. The maximum absolute atomic E-state index is 4.43. The van der Waals surface area contributed by atoms with E-state index in [9.17, 15) is 0 Å². The van der Waals surface area contributed by atoms with E-state index in [2.05, 4.69) is 82.8 Å². The van der Waals surface area contributed by atoms with E-state index in [0.29, 0.717) is 12.5 Å². The molecule has 0 saturated carbocycles. The molecular weight excluding hydrogens is 322 g/mol. The van der Waals surface area contributed by atoms with Crippen molar-refractivity contribution in [3.8, 4) is 0 Å². The van der Waals surface area contributed by atoms with Gasteiger partial charge in [-0.3, -0.25) is 4.90 Å². The summed E-state index contributed by atoms with van der Waals surface area (Å²) >= 11 is 0. The van der Waals surface area contributed by atoms with Gasteiger partial charge in [0.1, 0.15) is 0 Å². The molecule has 4 rings (SSSR count). The Balaban J connectivity index is 1.61. The molecule has 5 nitrogen and oxygen atoms in total. The highest BCUT2D eigenvalue weighted by Crippen LogP contribution is 2.32. The summed E-state index contributed by atoms with van der Waals surface area (Å²) in [6.07, 6.45) is 1.08. The first kappa shape index (κ1) is 16.9. The van der Waals surface area contributed by atoms with Gasteiger partial charge in [0.25, 0.3) is 0 Å². The zero-order chi connectivity index (χ0) is 17.9. The van der Waals surface area contributed by atoms with Gasteiger partial charge in [-0.2, -0.15) is 0 Å². The molecular formula is C21H25N5. The first-order valence-corrected chi connectivity index (χ1v) is 9.33. The molecule has 0 N–H and O–H groups in total. The smallest absolute Gasteiger partial charge is 0.169 e. The summed E-state index contributed by atoms with van der Waals surface area (Å²) in [7, 11) is 0. The van der Waals surface area contributed by atoms with Gasteiger partial charge in [-0.15, -0.1) is 5.10 Å². The number of benzene rings is 2. The van der Waals surface area contributed by atoms with Gasteiger partial charge < -0.3 is 0 Å². The number of rotatable bonds is 5. The summed E-state index contributed by atoms with van der Waals surface area (Å²) in [5, 5.41) is 12.7. The van der Waals surface area contributed by atoms with Crippen LogP contribution in [0.3, 0.4) is 0 Å². The highest BCUT2D eigenvalue weighted by atomic mass is 15.5. The minimum absolute atomic E-state index is 0.210. The van der Waals surface area contributed by atoms with Gasteiger partial charge in [-0.05, 0) is 39.5 Å². The Morgan fingerprint density at radius 3 is 2.46 bits per heavy atom. The first-order valence-electron chi connectivity index (χ1n) is 9.33. The Labute approximate surface area is 154 Å². The third kappa shape index (κ3) is 3.40. The van der Waals surface area contributed by atoms with Crippen LogP contribution >= 0.6 is 0 Å². The Hall–Kier alpha value is -2.53. The summed E-state index contributed by atoms with van der Waals surface area (Å²) in [5.74, 6) is 1.39. The lowest BCUT2D eigenvalue weighted by Gasteiger charge is -2.37. The fourth-order valence-electron chi connectivity index (χ4n) is 3.93. The Kier molecular flexibility index (Phi) is 4.80. The summed E-state index contributed by atoms with van der Waals surface area (Å²) in [4.78, 5) is 2.53. The molecule has 0 fully saturated rings. The van der Waals surface area contributed by atoms with Crippen LogP contribution in [-0.4, -0.2) is 31.7 Å². The van der Waals surface area contributed by atoms with Crippen molar-refractivity contribution in [1.29, 1.82) is 0 Å². The SMILES string of the molecule is CC(C)[C@H](c1nnnn1Cc1ccccc1)N1CCc2ccccc2C1. The van der Waals surface area contributed by atoms with Crippen LogP contribution in [0.2, 0.25) is 0 Å². The van der Waals surface area contributed by atoms with Crippen molar-refractivity contribution < 1.29 is 0 Å². The molecule has 0 spiro atoms. The fourth-order valence-corrected chi connectivity index (χ4v) is 3.93. The highest BCUT2D eigenvalue weighted by Gasteiger charge is 2.31. The second kappa shape index (κ2) is 7.38. The largest absolute Gasteiger partial charge is 0.288 e.